The van der Waals surface area contributed by atoms with Crippen molar-refractivity contribution in [3.05, 3.63) is 47.3 Å². The molecule has 1 aromatic carbocycles. The highest BCUT2D eigenvalue weighted by molar-refractivity contribution is 7.91. The molecule has 1 aromatic heterocycles. The first kappa shape index (κ1) is 18.9. The molecule has 26 heavy (non-hydrogen) atoms. The van der Waals surface area contributed by atoms with Crippen molar-refractivity contribution in [2.75, 3.05) is 38.0 Å². The van der Waals surface area contributed by atoms with E-state index in [1.54, 1.807) is 17.5 Å². The summed E-state index contributed by atoms with van der Waals surface area (Å²) in [5.74, 6) is -2.18. The van der Waals surface area contributed by atoms with E-state index in [-0.39, 0.29) is 19.6 Å². The summed E-state index contributed by atoms with van der Waals surface area (Å²) in [5, 5.41) is 3.96. The van der Waals surface area contributed by atoms with Gasteiger partial charge in [0.2, 0.25) is 0 Å². The second kappa shape index (κ2) is 7.78. The van der Waals surface area contributed by atoms with E-state index in [9.17, 15) is 22.0 Å². The van der Waals surface area contributed by atoms with Gasteiger partial charge in [0.25, 0.3) is 15.9 Å². The van der Waals surface area contributed by atoms with Gasteiger partial charge in [0, 0.05) is 0 Å². The van der Waals surface area contributed by atoms with Crippen LogP contribution in [0.25, 0.3) is 0 Å². The van der Waals surface area contributed by atoms with E-state index in [0.29, 0.717) is 17.3 Å². The van der Waals surface area contributed by atoms with Crippen LogP contribution in [0.1, 0.15) is 0 Å². The number of thiophene rings is 1. The smallest absolute Gasteiger partial charge is 0.279 e. The molecule has 1 fully saturated rings. The molecule has 6 nitrogen and oxygen atoms in total. The fourth-order valence-electron chi connectivity index (χ4n) is 2.78. The number of halogens is 2. The highest BCUT2D eigenvalue weighted by atomic mass is 32.2. The number of carbonyl (C=O) groups excluding carboxylic acids is 1. The van der Waals surface area contributed by atoms with Gasteiger partial charge in [-0.1, -0.05) is 12.1 Å². The van der Waals surface area contributed by atoms with Gasteiger partial charge in [0.15, 0.2) is 6.54 Å². The maximum absolute atomic E-state index is 13.6. The molecule has 1 saturated heterocycles. The Morgan fingerprint density at radius 2 is 1.81 bits per heavy atom. The lowest BCUT2D eigenvalue weighted by molar-refractivity contribution is -0.895. The van der Waals surface area contributed by atoms with Gasteiger partial charge >= 0.3 is 0 Å². The summed E-state index contributed by atoms with van der Waals surface area (Å²) in [6.45, 7) is 1.48. The summed E-state index contributed by atoms with van der Waals surface area (Å²) in [6.07, 6.45) is 0. The number of hydrogen-bond acceptors (Lipinski definition) is 4. The Bertz CT molecular complexity index is 860. The molecule has 0 aliphatic carbocycles. The molecular weight excluding hydrogens is 384 g/mol. The quantitative estimate of drug-likeness (QED) is 0.768. The van der Waals surface area contributed by atoms with E-state index in [2.05, 4.69) is 5.32 Å². The Kier molecular flexibility index (Phi) is 5.66. The van der Waals surface area contributed by atoms with Gasteiger partial charge in [0.05, 0.1) is 26.2 Å². The number of quaternary nitrogens is 1. The molecule has 0 unspecified atom stereocenters. The van der Waals surface area contributed by atoms with Crippen LogP contribution in [-0.4, -0.2) is 51.4 Å². The van der Waals surface area contributed by atoms with Crippen molar-refractivity contribution < 1.29 is 26.9 Å². The predicted octanol–water partition coefficient (Wildman–Crippen LogP) is 0.554. The summed E-state index contributed by atoms with van der Waals surface area (Å²) >= 11 is 1.17. The standard InChI is InChI=1S/C16H17F2N3O3S2/c17-12-3-1-4-13(18)16(12)19-14(22)11-20-6-8-21(9-7-20)26(23,24)15-5-2-10-25-15/h1-5,10H,6-9,11H2,(H,19,22)/p+1. The number of nitrogens with zero attached hydrogens (tertiary/aromatic N) is 1. The minimum atomic E-state index is -3.49. The van der Waals surface area contributed by atoms with Gasteiger partial charge in [-0.05, 0) is 23.6 Å². The zero-order valence-corrected chi connectivity index (χ0v) is 15.4. The summed E-state index contributed by atoms with van der Waals surface area (Å²) in [6, 6.07) is 6.61. The van der Waals surface area contributed by atoms with Crippen LogP contribution in [0.5, 0.6) is 0 Å². The van der Waals surface area contributed by atoms with Gasteiger partial charge < -0.3 is 10.2 Å². The third-order valence-corrected chi connectivity index (χ3v) is 7.43. The second-order valence-corrected chi connectivity index (χ2v) is 9.02. The molecule has 1 aliphatic heterocycles. The number of amides is 1. The lowest BCUT2D eigenvalue weighted by Crippen LogP contribution is -3.15. The lowest BCUT2D eigenvalue weighted by Gasteiger charge is -2.30. The van der Waals surface area contributed by atoms with Crippen molar-refractivity contribution in [1.29, 1.82) is 0 Å². The Hall–Kier alpha value is -1.88. The fraction of sp³-hybridized carbons (Fsp3) is 0.312. The number of para-hydroxylation sites is 1. The van der Waals surface area contributed by atoms with Crippen molar-refractivity contribution in [3.8, 4) is 0 Å². The molecule has 2 heterocycles. The van der Waals surface area contributed by atoms with E-state index in [4.69, 9.17) is 0 Å². The van der Waals surface area contributed by atoms with Gasteiger partial charge in [-0.2, -0.15) is 4.31 Å². The van der Waals surface area contributed by atoms with E-state index < -0.39 is 33.3 Å². The average molecular weight is 402 g/mol. The largest absolute Gasteiger partial charge is 0.325 e. The first-order valence-corrected chi connectivity index (χ1v) is 10.3. The normalized spacial score (nSPS) is 16.5. The molecule has 0 radical (unpaired) electrons. The molecule has 2 aromatic rings. The van der Waals surface area contributed by atoms with Crippen LogP contribution >= 0.6 is 11.3 Å². The molecule has 0 bridgehead atoms. The van der Waals surface area contributed by atoms with Crippen LogP contribution in [0.2, 0.25) is 0 Å². The molecule has 0 atom stereocenters. The molecule has 10 heteroatoms. The van der Waals surface area contributed by atoms with Gasteiger partial charge in [-0.15, -0.1) is 11.3 Å². The van der Waals surface area contributed by atoms with Gasteiger partial charge in [0.1, 0.15) is 21.5 Å². The van der Waals surface area contributed by atoms with Crippen LogP contribution in [0.15, 0.2) is 39.9 Å². The minimum Gasteiger partial charge on any atom is -0.325 e. The summed E-state index contributed by atoms with van der Waals surface area (Å²) in [4.78, 5) is 12.9. The number of anilines is 1. The second-order valence-electron chi connectivity index (χ2n) is 5.91. The topological polar surface area (TPSA) is 70.9 Å². The number of benzene rings is 1. The fourth-order valence-corrected chi connectivity index (χ4v) is 5.37. The van der Waals surface area contributed by atoms with E-state index in [1.165, 1.54) is 21.7 Å². The molecule has 3 rings (SSSR count). The van der Waals surface area contributed by atoms with Crippen molar-refractivity contribution in [2.45, 2.75) is 4.21 Å². The Morgan fingerprint density at radius 1 is 1.15 bits per heavy atom. The summed E-state index contributed by atoms with van der Waals surface area (Å²) < 4.78 is 53.8. The van der Waals surface area contributed by atoms with E-state index >= 15 is 0 Å². The Balaban J connectivity index is 1.55. The zero-order chi connectivity index (χ0) is 18.7. The van der Waals surface area contributed by atoms with Crippen LogP contribution in [0.3, 0.4) is 0 Å². The molecule has 140 valence electrons. The average Bonchev–Trinajstić information content (AvgIpc) is 3.14. The molecular formula is C16H18F2N3O3S2+. The van der Waals surface area contributed by atoms with Crippen LogP contribution in [0.4, 0.5) is 14.5 Å². The number of sulfonamides is 1. The first-order chi connectivity index (χ1) is 12.4. The van der Waals surface area contributed by atoms with Crippen LogP contribution in [0, 0.1) is 11.6 Å². The zero-order valence-electron chi connectivity index (χ0n) is 13.7. The van der Waals surface area contributed by atoms with E-state index in [1.807, 2.05) is 0 Å². The number of rotatable bonds is 5. The van der Waals surface area contributed by atoms with Gasteiger partial charge in [-0.3, -0.25) is 4.79 Å². The monoisotopic (exact) mass is 402 g/mol. The first-order valence-electron chi connectivity index (χ1n) is 7.99. The Labute approximate surface area is 154 Å². The number of hydrogen-bond donors (Lipinski definition) is 2. The van der Waals surface area contributed by atoms with Crippen molar-refractivity contribution >= 4 is 33.0 Å². The number of nitrogens with one attached hydrogen (secondary N) is 2. The summed E-state index contributed by atoms with van der Waals surface area (Å²) in [5.41, 5.74) is -0.462. The molecule has 0 spiro atoms. The number of piperazine rings is 1. The maximum Gasteiger partial charge on any atom is 0.279 e. The molecule has 1 aliphatic rings. The van der Waals surface area contributed by atoms with E-state index in [0.717, 1.165) is 17.0 Å². The third kappa shape index (κ3) is 4.09. The highest BCUT2D eigenvalue weighted by Gasteiger charge is 2.31. The highest BCUT2D eigenvalue weighted by Crippen LogP contribution is 2.20. The SMILES string of the molecule is O=C(C[NH+]1CCN(S(=O)(=O)c2cccs2)CC1)Nc1c(F)cccc1F. The van der Waals surface area contributed by atoms with Crippen molar-refractivity contribution in [1.82, 2.24) is 4.31 Å². The van der Waals surface area contributed by atoms with Crippen LogP contribution in [-0.2, 0) is 14.8 Å². The van der Waals surface area contributed by atoms with Crippen LogP contribution < -0.4 is 10.2 Å². The summed E-state index contributed by atoms with van der Waals surface area (Å²) in [7, 11) is -3.49. The third-order valence-electron chi connectivity index (χ3n) is 4.16. The maximum atomic E-state index is 13.6. The predicted molar refractivity (Wildman–Crippen MR) is 93.6 cm³/mol. The van der Waals surface area contributed by atoms with Crippen molar-refractivity contribution in [3.63, 3.8) is 0 Å². The minimum absolute atomic E-state index is 0.0145. The van der Waals surface area contributed by atoms with Crippen molar-refractivity contribution in [2.24, 2.45) is 0 Å². The molecule has 1 amide bonds. The lowest BCUT2D eigenvalue weighted by atomic mass is 10.3. The molecule has 2 N–H and O–H groups in total. The number of carbonyl (C=O) groups is 1. The van der Waals surface area contributed by atoms with Gasteiger partial charge in [-0.25, -0.2) is 17.2 Å². The Morgan fingerprint density at radius 3 is 2.38 bits per heavy atom. The molecule has 0 saturated carbocycles.